The minimum Gasteiger partial charge on any atom is -0.299 e. The van der Waals surface area contributed by atoms with Crippen LogP contribution in [0.3, 0.4) is 0 Å². The molecule has 0 saturated heterocycles. The molecule has 3 nitrogen and oxygen atoms in total. The molecule has 0 aromatic heterocycles. The van der Waals surface area contributed by atoms with Crippen molar-refractivity contribution < 1.29 is 8.42 Å². The molecule has 15 heavy (non-hydrogen) atoms. The van der Waals surface area contributed by atoms with Gasteiger partial charge in [-0.1, -0.05) is 15.9 Å². The van der Waals surface area contributed by atoms with E-state index in [1.807, 2.05) is 0 Å². The summed E-state index contributed by atoms with van der Waals surface area (Å²) in [5.41, 5.74) is 0. The number of sulfone groups is 1. The Morgan fingerprint density at radius 2 is 1.93 bits per heavy atom. The number of halogens is 1. The smallest absolute Gasteiger partial charge is 0.153 e. The summed E-state index contributed by atoms with van der Waals surface area (Å²) in [6, 6.07) is 0.643. The lowest BCUT2D eigenvalue weighted by Gasteiger charge is -2.21. The first-order valence-corrected chi connectivity index (χ1v) is 8.32. The quantitative estimate of drug-likeness (QED) is 0.671. The van der Waals surface area contributed by atoms with Crippen LogP contribution >= 0.6 is 15.9 Å². The molecule has 1 rings (SSSR count). The highest BCUT2D eigenvalue weighted by atomic mass is 79.9. The highest BCUT2D eigenvalue weighted by Crippen LogP contribution is 2.26. The Morgan fingerprint density at radius 1 is 1.33 bits per heavy atom. The van der Waals surface area contributed by atoms with Gasteiger partial charge in [0.1, 0.15) is 0 Å². The molecule has 1 saturated carbocycles. The van der Waals surface area contributed by atoms with Crippen LogP contribution < -0.4 is 0 Å². The van der Waals surface area contributed by atoms with E-state index in [0.29, 0.717) is 18.3 Å². The molecule has 90 valence electrons. The third-order valence-corrected chi connectivity index (χ3v) is 5.36. The molecule has 1 aliphatic carbocycles. The van der Waals surface area contributed by atoms with Gasteiger partial charge in [0, 0.05) is 24.5 Å². The predicted octanol–water partition coefficient (Wildman–Crippen LogP) is 1.67. The first-order chi connectivity index (χ1) is 6.97. The summed E-state index contributed by atoms with van der Waals surface area (Å²) in [6.45, 7) is 5.15. The van der Waals surface area contributed by atoms with Gasteiger partial charge in [0.2, 0.25) is 0 Å². The van der Waals surface area contributed by atoms with Crippen LogP contribution in [-0.2, 0) is 9.84 Å². The van der Waals surface area contributed by atoms with Crippen molar-refractivity contribution in [3.05, 3.63) is 0 Å². The van der Waals surface area contributed by atoms with Crippen molar-refractivity contribution in [1.29, 1.82) is 0 Å². The molecule has 0 radical (unpaired) electrons. The Labute approximate surface area is 101 Å². The van der Waals surface area contributed by atoms with Gasteiger partial charge >= 0.3 is 0 Å². The normalized spacial score (nSPS) is 17.7. The molecule has 0 amide bonds. The largest absolute Gasteiger partial charge is 0.299 e. The van der Waals surface area contributed by atoms with E-state index < -0.39 is 9.84 Å². The summed E-state index contributed by atoms with van der Waals surface area (Å²) in [5.74, 6) is 0.300. The second kappa shape index (κ2) is 5.64. The second-order valence-corrected chi connectivity index (χ2v) is 7.84. The van der Waals surface area contributed by atoms with E-state index in [9.17, 15) is 8.42 Å². The highest BCUT2D eigenvalue weighted by Gasteiger charge is 2.29. The molecule has 5 heteroatoms. The molecule has 0 aromatic carbocycles. The van der Waals surface area contributed by atoms with E-state index in [2.05, 4.69) is 20.8 Å². The van der Waals surface area contributed by atoms with Crippen molar-refractivity contribution in [2.45, 2.75) is 38.0 Å². The summed E-state index contributed by atoms with van der Waals surface area (Å²) >= 11 is 3.40. The van der Waals surface area contributed by atoms with Gasteiger partial charge in [-0.05, 0) is 26.7 Å². The molecule has 0 bridgehead atoms. The zero-order chi connectivity index (χ0) is 11.5. The van der Waals surface area contributed by atoms with Gasteiger partial charge in [-0.3, -0.25) is 4.90 Å². The standard InChI is InChI=1S/C10H20BrNO2S/c1-9(2)15(13,14)8-7-12(6-5-11)10-3-4-10/h9-10H,3-8H2,1-2H3. The topological polar surface area (TPSA) is 37.4 Å². The Hall–Kier alpha value is 0.390. The van der Waals surface area contributed by atoms with Crippen molar-refractivity contribution >= 4 is 25.8 Å². The average molecular weight is 298 g/mol. The van der Waals surface area contributed by atoms with Gasteiger partial charge in [0.15, 0.2) is 9.84 Å². The average Bonchev–Trinajstić information content (AvgIpc) is 2.95. The maximum absolute atomic E-state index is 11.6. The van der Waals surface area contributed by atoms with Crippen LogP contribution in [0.25, 0.3) is 0 Å². The Morgan fingerprint density at radius 3 is 2.33 bits per heavy atom. The lowest BCUT2D eigenvalue weighted by Crippen LogP contribution is -2.34. The van der Waals surface area contributed by atoms with Gasteiger partial charge < -0.3 is 0 Å². The second-order valence-electron chi connectivity index (χ2n) is 4.37. The maximum Gasteiger partial charge on any atom is 0.153 e. The van der Waals surface area contributed by atoms with Crippen molar-refractivity contribution in [3.8, 4) is 0 Å². The van der Waals surface area contributed by atoms with Crippen molar-refractivity contribution in [1.82, 2.24) is 4.90 Å². The molecule has 0 aliphatic heterocycles. The van der Waals surface area contributed by atoms with Gasteiger partial charge in [-0.2, -0.15) is 0 Å². The molecular formula is C10H20BrNO2S. The highest BCUT2D eigenvalue weighted by molar-refractivity contribution is 9.09. The SMILES string of the molecule is CC(C)S(=O)(=O)CCN(CCBr)C1CC1. The number of hydrogen-bond acceptors (Lipinski definition) is 3. The summed E-state index contributed by atoms with van der Waals surface area (Å²) in [5, 5.41) is 0.674. The van der Waals surface area contributed by atoms with Crippen molar-refractivity contribution in [2.24, 2.45) is 0 Å². The minimum atomic E-state index is -2.87. The van der Waals surface area contributed by atoms with E-state index in [-0.39, 0.29) is 5.25 Å². The molecule has 0 aromatic rings. The molecule has 0 heterocycles. The van der Waals surface area contributed by atoms with E-state index in [0.717, 1.165) is 11.9 Å². The fourth-order valence-electron chi connectivity index (χ4n) is 1.51. The van der Waals surface area contributed by atoms with Gasteiger partial charge in [-0.15, -0.1) is 0 Å². The number of rotatable bonds is 7. The molecule has 0 atom stereocenters. The van der Waals surface area contributed by atoms with Crippen LogP contribution in [0.15, 0.2) is 0 Å². The van der Waals surface area contributed by atoms with E-state index in [1.54, 1.807) is 13.8 Å². The van der Waals surface area contributed by atoms with Gasteiger partial charge in [-0.25, -0.2) is 8.42 Å². The van der Waals surface area contributed by atoms with Crippen LogP contribution in [-0.4, -0.2) is 48.8 Å². The number of nitrogens with zero attached hydrogens (tertiary/aromatic N) is 1. The Kier molecular flexibility index (Phi) is 5.06. The lowest BCUT2D eigenvalue weighted by atomic mass is 10.5. The van der Waals surface area contributed by atoms with Crippen LogP contribution in [0.2, 0.25) is 0 Å². The number of alkyl halides is 1. The molecule has 1 aliphatic rings. The maximum atomic E-state index is 11.6. The van der Waals surface area contributed by atoms with Crippen LogP contribution in [0, 0.1) is 0 Å². The fourth-order valence-corrected chi connectivity index (χ4v) is 2.92. The molecule has 1 fully saturated rings. The lowest BCUT2D eigenvalue weighted by molar-refractivity contribution is 0.297. The predicted molar refractivity (Wildman–Crippen MR) is 67.3 cm³/mol. The first-order valence-electron chi connectivity index (χ1n) is 5.49. The van der Waals surface area contributed by atoms with Crippen molar-refractivity contribution in [3.63, 3.8) is 0 Å². The molecule has 0 N–H and O–H groups in total. The van der Waals surface area contributed by atoms with Crippen LogP contribution in [0.4, 0.5) is 0 Å². The summed E-state index contributed by atoms with van der Waals surface area (Å²) < 4.78 is 23.3. The number of hydrogen-bond donors (Lipinski definition) is 0. The van der Waals surface area contributed by atoms with Crippen LogP contribution in [0.5, 0.6) is 0 Å². The monoisotopic (exact) mass is 297 g/mol. The minimum absolute atomic E-state index is 0.248. The molecule has 0 spiro atoms. The van der Waals surface area contributed by atoms with Gasteiger partial charge in [0.25, 0.3) is 0 Å². The summed E-state index contributed by atoms with van der Waals surface area (Å²) in [7, 11) is -2.87. The zero-order valence-corrected chi connectivity index (χ0v) is 11.8. The van der Waals surface area contributed by atoms with E-state index in [1.165, 1.54) is 12.8 Å². The zero-order valence-electron chi connectivity index (χ0n) is 9.45. The summed E-state index contributed by atoms with van der Waals surface area (Å²) in [6.07, 6.45) is 2.46. The van der Waals surface area contributed by atoms with E-state index >= 15 is 0 Å². The fraction of sp³-hybridized carbons (Fsp3) is 1.00. The molecular weight excluding hydrogens is 278 g/mol. The third kappa shape index (κ3) is 4.41. The first kappa shape index (κ1) is 13.5. The summed E-state index contributed by atoms with van der Waals surface area (Å²) in [4.78, 5) is 2.29. The molecule has 0 unspecified atom stereocenters. The van der Waals surface area contributed by atoms with Crippen LogP contribution in [0.1, 0.15) is 26.7 Å². The van der Waals surface area contributed by atoms with E-state index in [4.69, 9.17) is 0 Å². The van der Waals surface area contributed by atoms with Gasteiger partial charge in [0.05, 0.1) is 11.0 Å². The Bertz CT molecular complexity index is 286. The third-order valence-electron chi connectivity index (χ3n) is 2.82. The Balaban J connectivity index is 2.39. The van der Waals surface area contributed by atoms with Crippen molar-refractivity contribution in [2.75, 3.05) is 24.2 Å².